The van der Waals surface area contributed by atoms with Crippen molar-refractivity contribution < 1.29 is 24.2 Å². The van der Waals surface area contributed by atoms with Crippen molar-refractivity contribution in [1.29, 1.82) is 0 Å². The minimum absolute atomic E-state index is 0.0860. The van der Waals surface area contributed by atoms with Crippen LogP contribution in [-0.2, 0) is 0 Å². The number of rotatable bonds is 9. The molecule has 0 saturated heterocycles. The topological polar surface area (TPSA) is 91.1 Å². The molecule has 1 aromatic rings. The van der Waals surface area contributed by atoms with Crippen molar-refractivity contribution in [2.45, 2.75) is 0 Å². The van der Waals surface area contributed by atoms with Gasteiger partial charge in [-0.1, -0.05) is 0 Å². The summed E-state index contributed by atoms with van der Waals surface area (Å²) in [5.74, 6) is 1.89. The first-order valence-electron chi connectivity index (χ1n) is 5.85. The largest absolute Gasteiger partial charge is 0.496 e. The average Bonchev–Trinajstić information content (AvgIpc) is 2.46. The van der Waals surface area contributed by atoms with Gasteiger partial charge in [0.15, 0.2) is 5.75 Å². The summed E-state index contributed by atoms with van der Waals surface area (Å²) < 4.78 is 15.5. The molecule has 0 unspecified atom stereocenters. The van der Waals surface area contributed by atoms with Crippen LogP contribution < -0.4 is 14.2 Å². The van der Waals surface area contributed by atoms with Gasteiger partial charge in [-0.15, -0.1) is 0 Å². The average molecular weight is 303 g/mol. The van der Waals surface area contributed by atoms with Crippen LogP contribution in [0.5, 0.6) is 17.2 Å². The zero-order valence-electron chi connectivity index (χ0n) is 11.3. The van der Waals surface area contributed by atoms with E-state index in [1.165, 1.54) is 38.1 Å². The van der Waals surface area contributed by atoms with Crippen LogP contribution in [0.15, 0.2) is 12.1 Å². The van der Waals surface area contributed by atoms with Gasteiger partial charge in [-0.3, -0.25) is 10.1 Å². The lowest BCUT2D eigenvalue weighted by atomic mass is 10.2. The summed E-state index contributed by atoms with van der Waals surface area (Å²) in [7, 11) is 2.83. The van der Waals surface area contributed by atoms with Crippen molar-refractivity contribution >= 4 is 17.4 Å². The van der Waals surface area contributed by atoms with Gasteiger partial charge in [-0.2, -0.15) is 11.8 Å². The number of thioether (sulfide) groups is 1. The van der Waals surface area contributed by atoms with Gasteiger partial charge in [-0.05, 0) is 0 Å². The summed E-state index contributed by atoms with van der Waals surface area (Å²) in [6.45, 7) is 0.380. The number of nitro groups is 1. The van der Waals surface area contributed by atoms with E-state index in [0.717, 1.165) is 0 Å². The molecular weight excluding hydrogens is 286 g/mol. The Hall–Kier alpha value is -1.67. The maximum Gasteiger partial charge on any atom is 0.318 e. The molecule has 112 valence electrons. The molecule has 0 radical (unpaired) electrons. The SMILES string of the molecule is COc1cc(OC)c(OCCSCCO)c([N+](=O)[O-])c1. The fourth-order valence-corrected chi connectivity index (χ4v) is 2.02. The molecule has 0 atom stereocenters. The molecule has 0 amide bonds. The van der Waals surface area contributed by atoms with E-state index in [0.29, 0.717) is 17.3 Å². The van der Waals surface area contributed by atoms with Gasteiger partial charge in [0.25, 0.3) is 0 Å². The van der Waals surface area contributed by atoms with Gasteiger partial charge in [0.2, 0.25) is 5.75 Å². The number of benzene rings is 1. The second-order valence-corrected chi connectivity index (χ2v) is 4.84. The molecule has 0 aliphatic rings. The van der Waals surface area contributed by atoms with Crippen LogP contribution in [-0.4, -0.2) is 49.0 Å². The van der Waals surface area contributed by atoms with E-state index in [9.17, 15) is 10.1 Å². The Morgan fingerprint density at radius 1 is 1.30 bits per heavy atom. The quantitative estimate of drug-likeness (QED) is 0.422. The van der Waals surface area contributed by atoms with Crippen LogP contribution in [0.1, 0.15) is 0 Å². The molecule has 1 N–H and O–H groups in total. The summed E-state index contributed by atoms with van der Waals surface area (Å²) in [5, 5.41) is 19.7. The fourth-order valence-electron chi connectivity index (χ4n) is 1.48. The molecule has 7 nitrogen and oxygen atoms in total. The highest BCUT2D eigenvalue weighted by molar-refractivity contribution is 7.99. The molecule has 1 aromatic carbocycles. The highest BCUT2D eigenvalue weighted by atomic mass is 32.2. The lowest BCUT2D eigenvalue weighted by Gasteiger charge is -2.12. The van der Waals surface area contributed by atoms with E-state index >= 15 is 0 Å². The molecule has 0 spiro atoms. The maximum absolute atomic E-state index is 11.1. The van der Waals surface area contributed by atoms with E-state index < -0.39 is 4.92 Å². The van der Waals surface area contributed by atoms with E-state index in [1.54, 1.807) is 0 Å². The number of aliphatic hydroxyl groups is 1. The monoisotopic (exact) mass is 303 g/mol. The standard InChI is InChI=1S/C12H17NO6S/c1-17-9-7-10(13(15)16)12(11(8-9)18-2)19-4-6-20-5-3-14/h7-8,14H,3-6H2,1-2H3. The predicted molar refractivity (Wildman–Crippen MR) is 76.1 cm³/mol. The number of nitrogens with zero attached hydrogens (tertiary/aromatic N) is 1. The van der Waals surface area contributed by atoms with Crippen molar-refractivity contribution in [2.75, 3.05) is 38.9 Å². The number of ether oxygens (including phenoxy) is 3. The molecule has 0 aromatic heterocycles. The molecule has 20 heavy (non-hydrogen) atoms. The van der Waals surface area contributed by atoms with Crippen molar-refractivity contribution in [3.05, 3.63) is 22.2 Å². The van der Waals surface area contributed by atoms with E-state index in [1.807, 2.05) is 0 Å². The minimum Gasteiger partial charge on any atom is -0.496 e. The molecule has 0 aliphatic carbocycles. The lowest BCUT2D eigenvalue weighted by molar-refractivity contribution is -0.386. The molecule has 0 saturated carbocycles. The van der Waals surface area contributed by atoms with Gasteiger partial charge < -0.3 is 19.3 Å². The zero-order valence-corrected chi connectivity index (χ0v) is 12.1. The Balaban J connectivity index is 2.88. The zero-order chi connectivity index (χ0) is 15.0. The predicted octanol–water partition coefficient (Wildman–Crippen LogP) is 1.72. The number of hydrogen-bond donors (Lipinski definition) is 1. The third-order valence-electron chi connectivity index (χ3n) is 2.37. The van der Waals surface area contributed by atoms with Crippen molar-refractivity contribution in [2.24, 2.45) is 0 Å². The van der Waals surface area contributed by atoms with E-state index in [2.05, 4.69) is 0 Å². The fraction of sp³-hybridized carbons (Fsp3) is 0.500. The summed E-state index contributed by atoms with van der Waals surface area (Å²) in [4.78, 5) is 10.5. The van der Waals surface area contributed by atoms with Crippen LogP contribution in [0, 0.1) is 10.1 Å². The third-order valence-corrected chi connectivity index (χ3v) is 3.30. The normalized spacial score (nSPS) is 10.2. The number of nitro benzene ring substituents is 1. The van der Waals surface area contributed by atoms with Crippen molar-refractivity contribution in [3.63, 3.8) is 0 Å². The Labute approximate surface area is 121 Å². The summed E-state index contributed by atoms with van der Waals surface area (Å²) >= 11 is 1.50. The lowest BCUT2D eigenvalue weighted by Crippen LogP contribution is -2.05. The van der Waals surface area contributed by atoms with Gasteiger partial charge in [0.05, 0.1) is 38.4 Å². The Kier molecular flexibility index (Phi) is 6.96. The Bertz CT molecular complexity index is 454. The molecular formula is C12H17NO6S. The van der Waals surface area contributed by atoms with Gasteiger partial charge in [0, 0.05) is 17.6 Å². The molecule has 8 heteroatoms. The number of aliphatic hydroxyl groups excluding tert-OH is 1. The van der Waals surface area contributed by atoms with Crippen LogP contribution in [0.4, 0.5) is 5.69 Å². The second-order valence-electron chi connectivity index (χ2n) is 3.62. The molecule has 0 aliphatic heterocycles. The first-order chi connectivity index (χ1) is 9.63. The highest BCUT2D eigenvalue weighted by Gasteiger charge is 2.22. The van der Waals surface area contributed by atoms with Crippen LogP contribution in [0.2, 0.25) is 0 Å². The second kappa shape index (κ2) is 8.49. The maximum atomic E-state index is 11.1. The smallest absolute Gasteiger partial charge is 0.318 e. The van der Waals surface area contributed by atoms with Gasteiger partial charge in [-0.25, -0.2) is 0 Å². The summed E-state index contributed by atoms with van der Waals surface area (Å²) in [5.41, 5.74) is -0.201. The molecule has 0 heterocycles. The first kappa shape index (κ1) is 16.4. The third kappa shape index (κ3) is 4.46. The number of hydrogen-bond acceptors (Lipinski definition) is 7. The number of methoxy groups -OCH3 is 2. The van der Waals surface area contributed by atoms with E-state index in [-0.39, 0.29) is 30.4 Å². The van der Waals surface area contributed by atoms with E-state index in [4.69, 9.17) is 19.3 Å². The van der Waals surface area contributed by atoms with Gasteiger partial charge in [0.1, 0.15) is 5.75 Å². The van der Waals surface area contributed by atoms with Crippen molar-refractivity contribution in [3.8, 4) is 17.2 Å². The van der Waals surface area contributed by atoms with Crippen LogP contribution >= 0.6 is 11.8 Å². The highest BCUT2D eigenvalue weighted by Crippen LogP contribution is 2.40. The molecule has 0 fully saturated rings. The Morgan fingerprint density at radius 3 is 2.60 bits per heavy atom. The molecule has 1 rings (SSSR count). The minimum atomic E-state index is -0.540. The first-order valence-corrected chi connectivity index (χ1v) is 7.01. The van der Waals surface area contributed by atoms with Crippen LogP contribution in [0.25, 0.3) is 0 Å². The van der Waals surface area contributed by atoms with Crippen molar-refractivity contribution in [1.82, 2.24) is 0 Å². The summed E-state index contributed by atoms with van der Waals surface area (Å²) in [6, 6.07) is 2.82. The van der Waals surface area contributed by atoms with Gasteiger partial charge >= 0.3 is 5.69 Å². The molecule has 0 bridgehead atoms. The summed E-state index contributed by atoms with van der Waals surface area (Å²) in [6.07, 6.45) is 0. The Morgan fingerprint density at radius 2 is 2.05 bits per heavy atom. The van der Waals surface area contributed by atoms with Crippen LogP contribution in [0.3, 0.4) is 0 Å².